The smallest absolute Gasteiger partial charge is 0.278 e. The molecule has 7 heteroatoms. The van der Waals surface area contributed by atoms with Crippen LogP contribution in [0.2, 0.25) is 0 Å². The minimum absolute atomic E-state index is 0.201. The fraction of sp³-hybridized carbons (Fsp3) is 0.500. The molecule has 0 bridgehead atoms. The largest absolute Gasteiger partial charge is 0.305 e. The SMILES string of the molecule is CCn1cc(C(=O)Nc2ccnn2C(C)(C)C)nn1. The predicted octanol–water partition coefficient (Wildman–Crippen LogP) is 1.50. The average molecular weight is 262 g/mol. The van der Waals surface area contributed by atoms with Crippen molar-refractivity contribution in [1.82, 2.24) is 24.8 Å². The zero-order valence-electron chi connectivity index (χ0n) is 11.6. The second-order valence-electron chi connectivity index (χ2n) is 5.21. The van der Waals surface area contributed by atoms with E-state index in [1.807, 2.05) is 27.7 Å². The van der Waals surface area contributed by atoms with Crippen molar-refractivity contribution in [3.63, 3.8) is 0 Å². The van der Waals surface area contributed by atoms with Gasteiger partial charge in [-0.3, -0.25) is 9.48 Å². The van der Waals surface area contributed by atoms with Crippen LogP contribution in [0.15, 0.2) is 18.5 Å². The van der Waals surface area contributed by atoms with Gasteiger partial charge in [0.05, 0.1) is 17.9 Å². The van der Waals surface area contributed by atoms with Gasteiger partial charge in [0.25, 0.3) is 5.91 Å². The van der Waals surface area contributed by atoms with Gasteiger partial charge < -0.3 is 5.32 Å². The minimum atomic E-state index is -0.286. The van der Waals surface area contributed by atoms with Crippen LogP contribution in [0, 0.1) is 0 Å². The molecule has 0 radical (unpaired) electrons. The van der Waals surface area contributed by atoms with Crippen molar-refractivity contribution in [2.75, 3.05) is 5.32 Å². The highest BCUT2D eigenvalue weighted by Crippen LogP contribution is 2.19. The molecule has 2 heterocycles. The molecule has 0 fully saturated rings. The Labute approximate surface area is 111 Å². The molecule has 1 N–H and O–H groups in total. The number of anilines is 1. The number of aromatic nitrogens is 5. The third-order valence-corrected chi connectivity index (χ3v) is 2.62. The number of nitrogens with zero attached hydrogens (tertiary/aromatic N) is 5. The number of carbonyl (C=O) groups is 1. The predicted molar refractivity (Wildman–Crippen MR) is 70.9 cm³/mol. The number of carbonyl (C=O) groups excluding carboxylic acids is 1. The van der Waals surface area contributed by atoms with Gasteiger partial charge in [0.15, 0.2) is 5.69 Å². The lowest BCUT2D eigenvalue weighted by Crippen LogP contribution is -2.26. The molecule has 19 heavy (non-hydrogen) atoms. The van der Waals surface area contributed by atoms with E-state index in [9.17, 15) is 4.79 Å². The fourth-order valence-corrected chi connectivity index (χ4v) is 1.67. The molecule has 0 spiro atoms. The molecule has 0 atom stereocenters. The topological polar surface area (TPSA) is 77.6 Å². The Morgan fingerprint density at radius 2 is 2.16 bits per heavy atom. The van der Waals surface area contributed by atoms with Crippen LogP contribution >= 0.6 is 0 Å². The van der Waals surface area contributed by atoms with Gasteiger partial charge in [-0.15, -0.1) is 5.10 Å². The molecule has 0 aliphatic heterocycles. The summed E-state index contributed by atoms with van der Waals surface area (Å²) in [5.41, 5.74) is 0.0937. The third-order valence-electron chi connectivity index (χ3n) is 2.62. The lowest BCUT2D eigenvalue weighted by molar-refractivity contribution is 0.102. The van der Waals surface area contributed by atoms with Crippen LogP contribution < -0.4 is 5.32 Å². The molecule has 0 aliphatic carbocycles. The fourth-order valence-electron chi connectivity index (χ4n) is 1.67. The second-order valence-corrected chi connectivity index (χ2v) is 5.21. The lowest BCUT2D eigenvalue weighted by atomic mass is 10.1. The maximum absolute atomic E-state index is 12.1. The Morgan fingerprint density at radius 3 is 2.74 bits per heavy atom. The molecule has 7 nitrogen and oxygen atoms in total. The number of amides is 1. The highest BCUT2D eigenvalue weighted by molar-refractivity contribution is 6.02. The van der Waals surface area contributed by atoms with E-state index in [1.165, 1.54) is 0 Å². The van der Waals surface area contributed by atoms with Crippen LogP contribution in [-0.4, -0.2) is 30.7 Å². The van der Waals surface area contributed by atoms with E-state index in [1.54, 1.807) is 27.8 Å². The summed E-state index contributed by atoms with van der Waals surface area (Å²) in [6.07, 6.45) is 3.27. The molecule has 102 valence electrons. The third kappa shape index (κ3) is 2.81. The van der Waals surface area contributed by atoms with Crippen molar-refractivity contribution >= 4 is 11.7 Å². The molecule has 0 aromatic carbocycles. The van der Waals surface area contributed by atoms with E-state index in [0.717, 1.165) is 0 Å². The molecular weight excluding hydrogens is 244 g/mol. The van der Waals surface area contributed by atoms with E-state index >= 15 is 0 Å². The van der Waals surface area contributed by atoms with Crippen molar-refractivity contribution in [2.24, 2.45) is 0 Å². The quantitative estimate of drug-likeness (QED) is 0.909. The van der Waals surface area contributed by atoms with Crippen LogP contribution in [0.3, 0.4) is 0 Å². The van der Waals surface area contributed by atoms with E-state index in [4.69, 9.17) is 0 Å². The van der Waals surface area contributed by atoms with Crippen molar-refractivity contribution in [1.29, 1.82) is 0 Å². The van der Waals surface area contributed by atoms with Gasteiger partial charge in [-0.25, -0.2) is 4.68 Å². The van der Waals surface area contributed by atoms with Gasteiger partial charge >= 0.3 is 0 Å². The van der Waals surface area contributed by atoms with Gasteiger partial charge in [0.2, 0.25) is 0 Å². The molecule has 1 amide bonds. The van der Waals surface area contributed by atoms with Crippen LogP contribution in [-0.2, 0) is 12.1 Å². The first-order chi connectivity index (χ1) is 8.91. The highest BCUT2D eigenvalue weighted by atomic mass is 16.2. The van der Waals surface area contributed by atoms with Gasteiger partial charge in [0.1, 0.15) is 5.82 Å². The Morgan fingerprint density at radius 1 is 1.42 bits per heavy atom. The Kier molecular flexibility index (Phi) is 3.37. The van der Waals surface area contributed by atoms with Crippen LogP contribution in [0.5, 0.6) is 0 Å². The Hall–Kier alpha value is -2.18. The van der Waals surface area contributed by atoms with Crippen LogP contribution in [0.4, 0.5) is 5.82 Å². The van der Waals surface area contributed by atoms with Crippen LogP contribution in [0.1, 0.15) is 38.2 Å². The summed E-state index contributed by atoms with van der Waals surface area (Å²) < 4.78 is 3.37. The summed E-state index contributed by atoms with van der Waals surface area (Å²) in [6, 6.07) is 1.76. The summed E-state index contributed by atoms with van der Waals surface area (Å²) in [6.45, 7) is 8.67. The standard InChI is InChI=1S/C12H18N6O/c1-5-17-8-9(15-16-17)11(19)14-10-6-7-13-18(10)12(2,3)4/h6-8H,5H2,1-4H3,(H,14,19). The molecular formula is C12H18N6O. The van der Waals surface area contributed by atoms with Gasteiger partial charge in [-0.05, 0) is 27.7 Å². The first-order valence-electron chi connectivity index (χ1n) is 6.18. The van der Waals surface area contributed by atoms with Gasteiger partial charge in [0, 0.05) is 12.6 Å². The molecule has 0 unspecified atom stereocenters. The Bertz CT molecular complexity index is 577. The summed E-state index contributed by atoms with van der Waals surface area (Å²) in [7, 11) is 0. The zero-order valence-corrected chi connectivity index (χ0v) is 11.6. The van der Waals surface area contributed by atoms with Gasteiger partial charge in [-0.1, -0.05) is 5.21 Å². The number of hydrogen-bond acceptors (Lipinski definition) is 4. The number of hydrogen-bond donors (Lipinski definition) is 1. The highest BCUT2D eigenvalue weighted by Gasteiger charge is 2.19. The van der Waals surface area contributed by atoms with E-state index in [0.29, 0.717) is 18.1 Å². The van der Waals surface area contributed by atoms with Gasteiger partial charge in [-0.2, -0.15) is 5.10 Å². The first-order valence-corrected chi connectivity index (χ1v) is 6.18. The normalized spacial score (nSPS) is 11.6. The molecule has 2 rings (SSSR count). The molecule has 2 aromatic rings. The second kappa shape index (κ2) is 4.83. The van der Waals surface area contributed by atoms with Crippen molar-refractivity contribution in [2.45, 2.75) is 39.8 Å². The van der Waals surface area contributed by atoms with Crippen LogP contribution in [0.25, 0.3) is 0 Å². The monoisotopic (exact) mass is 262 g/mol. The number of rotatable bonds is 3. The molecule has 0 saturated carbocycles. The van der Waals surface area contributed by atoms with E-state index < -0.39 is 0 Å². The number of nitrogens with one attached hydrogen (secondary N) is 1. The summed E-state index contributed by atoms with van der Waals surface area (Å²) in [5.74, 6) is 0.356. The molecule has 2 aromatic heterocycles. The average Bonchev–Trinajstić information content (AvgIpc) is 2.95. The summed E-state index contributed by atoms with van der Waals surface area (Å²) in [5, 5.41) is 14.7. The lowest BCUT2D eigenvalue weighted by Gasteiger charge is -2.22. The number of aryl methyl sites for hydroxylation is 1. The maximum atomic E-state index is 12.1. The minimum Gasteiger partial charge on any atom is -0.305 e. The van der Waals surface area contributed by atoms with Crippen molar-refractivity contribution in [3.8, 4) is 0 Å². The van der Waals surface area contributed by atoms with E-state index in [-0.39, 0.29) is 11.4 Å². The zero-order chi connectivity index (χ0) is 14.0. The molecule has 0 aliphatic rings. The first kappa shape index (κ1) is 13.3. The van der Waals surface area contributed by atoms with Crippen molar-refractivity contribution in [3.05, 3.63) is 24.2 Å². The molecule has 0 saturated heterocycles. The summed E-state index contributed by atoms with van der Waals surface area (Å²) >= 11 is 0. The maximum Gasteiger partial charge on any atom is 0.278 e. The Balaban J connectivity index is 2.18. The van der Waals surface area contributed by atoms with E-state index in [2.05, 4.69) is 20.7 Å². The van der Waals surface area contributed by atoms with Crippen molar-refractivity contribution < 1.29 is 4.79 Å². The summed E-state index contributed by atoms with van der Waals surface area (Å²) in [4.78, 5) is 12.1.